The molecule has 1 saturated heterocycles. The average molecular weight is 369 g/mol. The van der Waals surface area contributed by atoms with Gasteiger partial charge in [-0.25, -0.2) is 4.98 Å². The fourth-order valence-corrected chi connectivity index (χ4v) is 3.30. The summed E-state index contributed by atoms with van der Waals surface area (Å²) in [7, 11) is 1.67. The molecule has 142 valence electrons. The second-order valence-electron chi connectivity index (χ2n) is 6.52. The van der Waals surface area contributed by atoms with Gasteiger partial charge in [0.05, 0.1) is 25.5 Å². The number of nitrogens with zero attached hydrogens (tertiary/aromatic N) is 4. The number of hydrogen-bond donors (Lipinski definition) is 1. The third-order valence-corrected chi connectivity index (χ3v) is 4.66. The summed E-state index contributed by atoms with van der Waals surface area (Å²) >= 11 is 0. The minimum absolute atomic E-state index is 0.124. The molecular formula is C19H23N5O3. The van der Waals surface area contributed by atoms with Gasteiger partial charge in [0, 0.05) is 25.4 Å². The lowest BCUT2D eigenvalue weighted by molar-refractivity contribution is 0.188. The Bertz CT molecular complexity index is 831. The van der Waals surface area contributed by atoms with Crippen molar-refractivity contribution < 1.29 is 13.7 Å². The number of furan rings is 1. The zero-order valence-electron chi connectivity index (χ0n) is 15.3. The molecule has 1 aliphatic heterocycles. The highest BCUT2D eigenvalue weighted by molar-refractivity contribution is 5.55. The summed E-state index contributed by atoms with van der Waals surface area (Å²) in [6.07, 6.45) is 5.56. The lowest BCUT2D eigenvalue weighted by Gasteiger charge is -2.19. The number of ether oxygens (including phenoxy) is 1. The molecule has 1 fully saturated rings. The highest BCUT2D eigenvalue weighted by Gasteiger charge is 2.31. The predicted octanol–water partition coefficient (Wildman–Crippen LogP) is 3.12. The van der Waals surface area contributed by atoms with Crippen molar-refractivity contribution in [3.05, 3.63) is 48.4 Å². The number of hydrogen-bond acceptors (Lipinski definition) is 8. The van der Waals surface area contributed by atoms with Crippen LogP contribution in [0.1, 0.15) is 30.5 Å². The van der Waals surface area contributed by atoms with Crippen LogP contribution in [0.3, 0.4) is 0 Å². The molecule has 1 aliphatic rings. The fourth-order valence-electron chi connectivity index (χ4n) is 3.30. The van der Waals surface area contributed by atoms with Gasteiger partial charge in [-0.05, 0) is 43.7 Å². The van der Waals surface area contributed by atoms with Gasteiger partial charge in [0.15, 0.2) is 0 Å². The third-order valence-electron chi connectivity index (χ3n) is 4.66. The molecule has 0 radical (unpaired) electrons. The number of methoxy groups -OCH3 is 1. The van der Waals surface area contributed by atoms with Crippen LogP contribution < -0.4 is 5.32 Å². The maximum absolute atomic E-state index is 5.57. The highest BCUT2D eigenvalue weighted by Crippen LogP contribution is 2.33. The summed E-state index contributed by atoms with van der Waals surface area (Å²) in [6.45, 7) is 3.08. The van der Waals surface area contributed by atoms with E-state index in [0.29, 0.717) is 24.9 Å². The van der Waals surface area contributed by atoms with Crippen molar-refractivity contribution in [1.29, 1.82) is 0 Å². The van der Waals surface area contributed by atoms with Gasteiger partial charge in [0.25, 0.3) is 0 Å². The SMILES string of the molecule is COCCNc1ccc(-c2noc(C3CCCN3Cc3ccco3)n2)cn1. The minimum Gasteiger partial charge on any atom is -0.468 e. The van der Waals surface area contributed by atoms with Gasteiger partial charge in [-0.15, -0.1) is 0 Å². The Balaban J connectivity index is 1.43. The molecule has 27 heavy (non-hydrogen) atoms. The Hall–Kier alpha value is -2.71. The van der Waals surface area contributed by atoms with Crippen molar-refractivity contribution in [3.8, 4) is 11.4 Å². The average Bonchev–Trinajstić information content (AvgIpc) is 3.45. The number of nitrogens with one attached hydrogen (secondary N) is 1. The monoisotopic (exact) mass is 369 g/mol. The van der Waals surface area contributed by atoms with Crippen molar-refractivity contribution in [1.82, 2.24) is 20.0 Å². The summed E-state index contributed by atoms with van der Waals surface area (Å²) < 4.78 is 16.1. The number of pyridine rings is 1. The normalized spacial score (nSPS) is 17.4. The molecule has 1 N–H and O–H groups in total. The number of aromatic nitrogens is 3. The minimum atomic E-state index is 0.124. The van der Waals surface area contributed by atoms with Gasteiger partial charge in [-0.1, -0.05) is 5.16 Å². The molecule has 1 atom stereocenters. The molecule has 1 unspecified atom stereocenters. The molecule has 0 aromatic carbocycles. The first-order chi connectivity index (χ1) is 13.3. The molecule has 0 bridgehead atoms. The standard InChI is InChI=1S/C19H23N5O3/c1-25-11-8-20-17-7-6-14(12-21-17)18-22-19(27-23-18)16-5-2-9-24(16)13-15-4-3-10-26-15/h3-4,6-7,10,12,16H,2,5,8-9,11,13H2,1H3,(H,20,21). The Kier molecular flexibility index (Phi) is 5.45. The van der Waals surface area contributed by atoms with E-state index < -0.39 is 0 Å². The summed E-state index contributed by atoms with van der Waals surface area (Å²) in [4.78, 5) is 11.3. The van der Waals surface area contributed by atoms with E-state index in [1.54, 1.807) is 19.6 Å². The van der Waals surface area contributed by atoms with Gasteiger partial charge in [-0.3, -0.25) is 4.90 Å². The molecule has 3 aromatic heterocycles. The zero-order valence-corrected chi connectivity index (χ0v) is 15.3. The number of anilines is 1. The number of likely N-dealkylation sites (tertiary alicyclic amines) is 1. The molecule has 3 aromatic rings. The van der Waals surface area contributed by atoms with E-state index >= 15 is 0 Å². The molecule has 4 heterocycles. The molecule has 8 nitrogen and oxygen atoms in total. The van der Waals surface area contributed by atoms with Gasteiger partial charge in [0.1, 0.15) is 11.6 Å². The van der Waals surface area contributed by atoms with Crippen LogP contribution in [0, 0.1) is 0 Å². The first kappa shape index (κ1) is 17.7. The summed E-state index contributed by atoms with van der Waals surface area (Å²) in [5, 5.41) is 7.34. The van der Waals surface area contributed by atoms with Crippen LogP contribution >= 0.6 is 0 Å². The molecule has 0 aliphatic carbocycles. The van der Waals surface area contributed by atoms with Crippen molar-refractivity contribution in [2.75, 3.05) is 32.1 Å². The van der Waals surface area contributed by atoms with Crippen molar-refractivity contribution in [3.63, 3.8) is 0 Å². The van der Waals surface area contributed by atoms with Crippen LogP contribution in [-0.4, -0.2) is 46.8 Å². The summed E-state index contributed by atoms with van der Waals surface area (Å²) in [5.41, 5.74) is 0.831. The van der Waals surface area contributed by atoms with E-state index in [1.165, 1.54) is 0 Å². The van der Waals surface area contributed by atoms with Crippen molar-refractivity contribution in [2.24, 2.45) is 0 Å². The van der Waals surface area contributed by atoms with E-state index in [-0.39, 0.29) is 6.04 Å². The lowest BCUT2D eigenvalue weighted by atomic mass is 10.2. The van der Waals surface area contributed by atoms with Gasteiger partial charge in [-0.2, -0.15) is 4.98 Å². The van der Waals surface area contributed by atoms with Crippen LogP contribution in [-0.2, 0) is 11.3 Å². The quantitative estimate of drug-likeness (QED) is 0.606. The fraction of sp³-hybridized carbons (Fsp3) is 0.421. The Morgan fingerprint density at radius 3 is 3.07 bits per heavy atom. The molecular weight excluding hydrogens is 346 g/mol. The van der Waals surface area contributed by atoms with Crippen LogP contribution in [0.4, 0.5) is 5.82 Å². The Morgan fingerprint density at radius 1 is 1.33 bits per heavy atom. The van der Waals surface area contributed by atoms with Gasteiger partial charge >= 0.3 is 0 Å². The van der Waals surface area contributed by atoms with Gasteiger partial charge < -0.3 is 19.0 Å². The topological polar surface area (TPSA) is 89.5 Å². The maximum Gasteiger partial charge on any atom is 0.244 e. The van der Waals surface area contributed by atoms with Crippen LogP contribution in [0.5, 0.6) is 0 Å². The first-order valence-corrected chi connectivity index (χ1v) is 9.13. The maximum atomic E-state index is 5.57. The van der Waals surface area contributed by atoms with Crippen LogP contribution in [0.2, 0.25) is 0 Å². The molecule has 4 rings (SSSR count). The second kappa shape index (κ2) is 8.32. The van der Waals surface area contributed by atoms with E-state index in [1.807, 2.05) is 24.3 Å². The van der Waals surface area contributed by atoms with E-state index in [4.69, 9.17) is 13.7 Å². The highest BCUT2D eigenvalue weighted by atomic mass is 16.5. The van der Waals surface area contributed by atoms with E-state index in [2.05, 4.69) is 25.3 Å². The number of rotatable bonds is 8. The summed E-state index contributed by atoms with van der Waals surface area (Å²) in [6, 6.07) is 7.86. The third kappa shape index (κ3) is 4.17. The van der Waals surface area contributed by atoms with E-state index in [9.17, 15) is 0 Å². The first-order valence-electron chi connectivity index (χ1n) is 9.13. The Morgan fingerprint density at radius 2 is 2.30 bits per heavy atom. The van der Waals surface area contributed by atoms with Crippen LogP contribution in [0.15, 0.2) is 45.7 Å². The predicted molar refractivity (Wildman–Crippen MR) is 99.0 cm³/mol. The molecule has 8 heteroatoms. The van der Waals surface area contributed by atoms with Gasteiger partial charge in [0.2, 0.25) is 11.7 Å². The summed E-state index contributed by atoms with van der Waals surface area (Å²) in [5.74, 6) is 2.95. The molecule has 0 spiro atoms. The molecule has 0 saturated carbocycles. The van der Waals surface area contributed by atoms with E-state index in [0.717, 1.165) is 43.1 Å². The lowest BCUT2D eigenvalue weighted by Crippen LogP contribution is -2.22. The molecule has 0 amide bonds. The Labute approximate surface area is 157 Å². The smallest absolute Gasteiger partial charge is 0.244 e. The van der Waals surface area contributed by atoms with Crippen LogP contribution in [0.25, 0.3) is 11.4 Å². The second-order valence-corrected chi connectivity index (χ2v) is 6.52. The zero-order chi connectivity index (χ0) is 18.5. The van der Waals surface area contributed by atoms with Crippen molar-refractivity contribution >= 4 is 5.82 Å². The van der Waals surface area contributed by atoms with Crippen molar-refractivity contribution in [2.45, 2.75) is 25.4 Å². The largest absolute Gasteiger partial charge is 0.468 e.